The van der Waals surface area contributed by atoms with Crippen LogP contribution in [0.25, 0.3) is 0 Å². The standard InChI is InChI=1S/C14H12BrNO3S/c1-7-4-3-5-9(11(7)15)13(17)16-10-6-8(2)12(20-10)14(18)19/h3-6H,1-2H3,(H,16,17)(H,18,19). The van der Waals surface area contributed by atoms with E-state index in [1.807, 2.05) is 13.0 Å². The van der Waals surface area contributed by atoms with Gasteiger partial charge in [0.1, 0.15) is 4.88 Å². The summed E-state index contributed by atoms with van der Waals surface area (Å²) in [5, 5.41) is 12.3. The van der Waals surface area contributed by atoms with Gasteiger partial charge in [0.2, 0.25) is 0 Å². The second-order valence-corrected chi connectivity index (χ2v) is 6.16. The van der Waals surface area contributed by atoms with Crippen LogP contribution in [-0.2, 0) is 0 Å². The number of nitrogens with one attached hydrogen (secondary N) is 1. The molecule has 0 aliphatic carbocycles. The zero-order valence-corrected chi connectivity index (χ0v) is 13.3. The third kappa shape index (κ3) is 2.91. The first-order valence-electron chi connectivity index (χ1n) is 5.80. The Morgan fingerprint density at radius 1 is 1.25 bits per heavy atom. The van der Waals surface area contributed by atoms with Crippen molar-refractivity contribution in [1.29, 1.82) is 0 Å². The van der Waals surface area contributed by atoms with Crippen LogP contribution in [0.1, 0.15) is 31.2 Å². The van der Waals surface area contributed by atoms with Crippen LogP contribution in [0.5, 0.6) is 0 Å². The number of hydrogen-bond donors (Lipinski definition) is 2. The van der Waals surface area contributed by atoms with Gasteiger partial charge in [0.15, 0.2) is 0 Å². The van der Waals surface area contributed by atoms with Crippen molar-refractivity contribution in [2.24, 2.45) is 0 Å². The second-order valence-electron chi connectivity index (χ2n) is 4.32. The molecule has 0 radical (unpaired) electrons. The summed E-state index contributed by atoms with van der Waals surface area (Å²) in [6, 6.07) is 7.08. The van der Waals surface area contributed by atoms with Gasteiger partial charge in [0, 0.05) is 4.47 Å². The number of aryl methyl sites for hydroxylation is 2. The highest BCUT2D eigenvalue weighted by Gasteiger charge is 2.16. The van der Waals surface area contributed by atoms with Crippen LogP contribution >= 0.6 is 27.3 Å². The number of rotatable bonds is 3. The molecule has 0 atom stereocenters. The van der Waals surface area contributed by atoms with Gasteiger partial charge in [-0.25, -0.2) is 4.79 Å². The number of amides is 1. The van der Waals surface area contributed by atoms with Crippen LogP contribution < -0.4 is 5.32 Å². The molecule has 0 aliphatic heterocycles. The number of anilines is 1. The summed E-state index contributed by atoms with van der Waals surface area (Å²) in [7, 11) is 0. The number of benzene rings is 1. The topological polar surface area (TPSA) is 66.4 Å². The number of carboxylic acid groups (broad SMARTS) is 1. The maximum Gasteiger partial charge on any atom is 0.346 e. The summed E-state index contributed by atoms with van der Waals surface area (Å²) in [6.07, 6.45) is 0. The molecule has 4 nitrogen and oxygen atoms in total. The number of halogens is 1. The SMILES string of the molecule is Cc1cc(NC(=O)c2cccc(C)c2Br)sc1C(=O)O. The van der Waals surface area contributed by atoms with Crippen molar-refractivity contribution < 1.29 is 14.7 Å². The summed E-state index contributed by atoms with van der Waals surface area (Å²) in [5.41, 5.74) is 2.13. The Morgan fingerprint density at radius 2 is 1.95 bits per heavy atom. The van der Waals surface area contributed by atoms with E-state index in [9.17, 15) is 9.59 Å². The third-order valence-electron chi connectivity index (χ3n) is 2.79. The number of carboxylic acids is 1. The van der Waals surface area contributed by atoms with Crippen LogP contribution in [0.2, 0.25) is 0 Å². The fourth-order valence-corrected chi connectivity index (χ4v) is 3.11. The Hall–Kier alpha value is -1.66. The van der Waals surface area contributed by atoms with E-state index >= 15 is 0 Å². The van der Waals surface area contributed by atoms with Crippen molar-refractivity contribution in [3.8, 4) is 0 Å². The minimum atomic E-state index is -0.982. The van der Waals surface area contributed by atoms with E-state index in [0.717, 1.165) is 21.4 Å². The Kier molecular flexibility index (Phi) is 4.25. The molecule has 1 aromatic heterocycles. The summed E-state index contributed by atoms with van der Waals surface area (Å²) in [6.45, 7) is 3.61. The molecule has 0 unspecified atom stereocenters. The lowest BCUT2D eigenvalue weighted by Gasteiger charge is -2.06. The smallest absolute Gasteiger partial charge is 0.346 e. The number of hydrogen-bond acceptors (Lipinski definition) is 3. The lowest BCUT2D eigenvalue weighted by molar-refractivity contribution is 0.0701. The van der Waals surface area contributed by atoms with Gasteiger partial charge in [-0.3, -0.25) is 4.79 Å². The van der Waals surface area contributed by atoms with Crippen molar-refractivity contribution in [3.63, 3.8) is 0 Å². The minimum Gasteiger partial charge on any atom is -0.477 e. The van der Waals surface area contributed by atoms with E-state index in [2.05, 4.69) is 21.2 Å². The van der Waals surface area contributed by atoms with Gasteiger partial charge < -0.3 is 10.4 Å². The predicted octanol–water partition coefficient (Wildman–Crippen LogP) is 4.08. The average molecular weight is 354 g/mol. The van der Waals surface area contributed by atoms with Gasteiger partial charge in [0.25, 0.3) is 5.91 Å². The molecule has 2 aromatic rings. The van der Waals surface area contributed by atoms with Crippen LogP contribution in [-0.4, -0.2) is 17.0 Å². The van der Waals surface area contributed by atoms with Gasteiger partial charge in [0.05, 0.1) is 10.6 Å². The first-order valence-corrected chi connectivity index (χ1v) is 7.41. The summed E-state index contributed by atoms with van der Waals surface area (Å²) >= 11 is 4.44. The van der Waals surface area contributed by atoms with E-state index in [-0.39, 0.29) is 10.8 Å². The molecule has 1 amide bonds. The van der Waals surface area contributed by atoms with E-state index < -0.39 is 5.97 Å². The van der Waals surface area contributed by atoms with Crippen LogP contribution in [0.3, 0.4) is 0 Å². The number of carbonyl (C=O) groups excluding carboxylic acids is 1. The van der Waals surface area contributed by atoms with Gasteiger partial charge in [-0.15, -0.1) is 11.3 Å². The molecule has 20 heavy (non-hydrogen) atoms. The van der Waals surface area contributed by atoms with Crippen molar-refractivity contribution in [1.82, 2.24) is 0 Å². The van der Waals surface area contributed by atoms with E-state index in [1.54, 1.807) is 25.1 Å². The first kappa shape index (κ1) is 14.7. The van der Waals surface area contributed by atoms with Crippen molar-refractivity contribution in [2.45, 2.75) is 13.8 Å². The molecule has 0 spiro atoms. The predicted molar refractivity (Wildman–Crippen MR) is 82.8 cm³/mol. The summed E-state index contributed by atoms with van der Waals surface area (Å²) < 4.78 is 0.740. The van der Waals surface area contributed by atoms with E-state index in [4.69, 9.17) is 5.11 Å². The van der Waals surface area contributed by atoms with Crippen molar-refractivity contribution >= 4 is 44.1 Å². The molecular weight excluding hydrogens is 342 g/mol. The Morgan fingerprint density at radius 3 is 2.55 bits per heavy atom. The molecular formula is C14H12BrNO3S. The zero-order chi connectivity index (χ0) is 14.9. The van der Waals surface area contributed by atoms with Crippen molar-refractivity contribution in [3.05, 3.63) is 50.3 Å². The molecule has 0 bridgehead atoms. The molecule has 2 N–H and O–H groups in total. The molecule has 0 saturated heterocycles. The van der Waals surface area contributed by atoms with Crippen LogP contribution in [0, 0.1) is 13.8 Å². The highest BCUT2D eigenvalue weighted by Crippen LogP contribution is 2.28. The fraction of sp³-hybridized carbons (Fsp3) is 0.143. The van der Waals surface area contributed by atoms with Gasteiger partial charge >= 0.3 is 5.97 Å². The highest BCUT2D eigenvalue weighted by atomic mass is 79.9. The molecule has 0 saturated carbocycles. The maximum absolute atomic E-state index is 12.2. The van der Waals surface area contributed by atoms with Gasteiger partial charge in [-0.2, -0.15) is 0 Å². The third-order valence-corrected chi connectivity index (χ3v) is 4.98. The maximum atomic E-state index is 12.2. The molecule has 0 aliphatic rings. The Bertz CT molecular complexity index is 694. The zero-order valence-electron chi connectivity index (χ0n) is 10.9. The average Bonchev–Trinajstić information content (AvgIpc) is 2.73. The molecule has 0 fully saturated rings. The Labute approximate surface area is 128 Å². The fourth-order valence-electron chi connectivity index (χ4n) is 1.76. The minimum absolute atomic E-state index is 0.239. The monoisotopic (exact) mass is 353 g/mol. The number of aromatic carboxylic acids is 1. The largest absolute Gasteiger partial charge is 0.477 e. The highest BCUT2D eigenvalue weighted by molar-refractivity contribution is 9.10. The summed E-state index contributed by atoms with van der Waals surface area (Å²) in [4.78, 5) is 23.4. The first-order chi connectivity index (χ1) is 9.40. The number of thiophene rings is 1. The van der Waals surface area contributed by atoms with Gasteiger partial charge in [-0.05, 0) is 53.0 Å². The normalized spacial score (nSPS) is 10.3. The van der Waals surface area contributed by atoms with Crippen LogP contribution in [0.4, 0.5) is 5.00 Å². The summed E-state index contributed by atoms with van der Waals surface area (Å²) in [5.74, 6) is -1.25. The van der Waals surface area contributed by atoms with E-state index in [1.165, 1.54) is 0 Å². The quantitative estimate of drug-likeness (QED) is 0.873. The van der Waals surface area contributed by atoms with Crippen LogP contribution in [0.15, 0.2) is 28.7 Å². The van der Waals surface area contributed by atoms with Crippen molar-refractivity contribution in [2.75, 3.05) is 5.32 Å². The molecule has 2 rings (SSSR count). The molecule has 104 valence electrons. The molecule has 6 heteroatoms. The lowest BCUT2D eigenvalue weighted by Crippen LogP contribution is -2.11. The second kappa shape index (κ2) is 5.76. The number of carbonyl (C=O) groups is 2. The Balaban J connectivity index is 2.26. The molecule has 1 aromatic carbocycles. The van der Waals surface area contributed by atoms with E-state index in [0.29, 0.717) is 16.1 Å². The molecule has 1 heterocycles. The lowest BCUT2D eigenvalue weighted by atomic mass is 10.1. The van der Waals surface area contributed by atoms with Gasteiger partial charge in [-0.1, -0.05) is 12.1 Å².